The van der Waals surface area contributed by atoms with Crippen molar-refractivity contribution in [2.45, 2.75) is 45.2 Å². The molecule has 0 aromatic heterocycles. The second kappa shape index (κ2) is 10.8. The lowest BCUT2D eigenvalue weighted by atomic mass is 10.0. The largest absolute Gasteiger partial charge is 0.493 e. The number of aliphatic hydroxyl groups excluding tert-OH is 1. The molecule has 1 aromatic rings. The van der Waals surface area contributed by atoms with Crippen LogP contribution in [0.15, 0.2) is 18.2 Å². The van der Waals surface area contributed by atoms with Crippen LogP contribution < -0.4 is 20.1 Å². The third-order valence-corrected chi connectivity index (χ3v) is 5.19. The average Bonchev–Trinajstić information content (AvgIpc) is 3.00. The van der Waals surface area contributed by atoms with E-state index >= 15 is 0 Å². The molecule has 9 heteroatoms. The Morgan fingerprint density at radius 2 is 1.93 bits per heavy atom. The van der Waals surface area contributed by atoms with Gasteiger partial charge in [0.15, 0.2) is 11.5 Å². The van der Waals surface area contributed by atoms with Crippen molar-refractivity contribution in [1.82, 2.24) is 15.5 Å². The lowest BCUT2D eigenvalue weighted by Gasteiger charge is -2.20. The van der Waals surface area contributed by atoms with E-state index in [0.29, 0.717) is 17.9 Å². The van der Waals surface area contributed by atoms with Crippen LogP contribution in [0.25, 0.3) is 0 Å². The van der Waals surface area contributed by atoms with Crippen LogP contribution in [0.1, 0.15) is 32.3 Å². The molecule has 2 rings (SSSR count). The molecule has 1 aliphatic heterocycles. The molecule has 1 aliphatic rings. The Kier molecular flexibility index (Phi) is 8.46. The maximum Gasteiger partial charge on any atom is 0.324 e. The predicted octanol–water partition coefficient (Wildman–Crippen LogP) is 1.08. The van der Waals surface area contributed by atoms with Crippen molar-refractivity contribution in [2.75, 3.05) is 27.4 Å². The van der Waals surface area contributed by atoms with Crippen molar-refractivity contribution in [1.29, 1.82) is 0 Å². The topological polar surface area (TPSA) is 117 Å². The number of imide groups is 1. The lowest BCUT2D eigenvalue weighted by Crippen LogP contribution is -2.42. The van der Waals surface area contributed by atoms with E-state index in [1.807, 2.05) is 26.0 Å². The van der Waals surface area contributed by atoms with Gasteiger partial charge in [-0.3, -0.25) is 14.5 Å². The maximum atomic E-state index is 12.6. The number of methoxy groups -OCH3 is 2. The highest BCUT2D eigenvalue weighted by Crippen LogP contribution is 2.28. The highest BCUT2D eigenvalue weighted by molar-refractivity contribution is 6.04. The van der Waals surface area contributed by atoms with Crippen LogP contribution >= 0.6 is 0 Å². The number of rotatable bonds is 11. The first-order chi connectivity index (χ1) is 14.3. The summed E-state index contributed by atoms with van der Waals surface area (Å²) < 4.78 is 10.5. The summed E-state index contributed by atoms with van der Waals surface area (Å²) in [6.07, 6.45) is 0.766. The number of ether oxygens (including phenoxy) is 2. The first-order valence-electron chi connectivity index (χ1n) is 10.0. The van der Waals surface area contributed by atoms with Gasteiger partial charge in [0.25, 0.3) is 5.91 Å². The first-order valence-corrected chi connectivity index (χ1v) is 10.0. The van der Waals surface area contributed by atoms with Gasteiger partial charge in [-0.2, -0.15) is 0 Å². The fourth-order valence-corrected chi connectivity index (χ4v) is 3.24. The summed E-state index contributed by atoms with van der Waals surface area (Å²) >= 11 is 0. The Labute approximate surface area is 176 Å². The lowest BCUT2D eigenvalue weighted by molar-refractivity contribution is -0.127. The van der Waals surface area contributed by atoms with Crippen molar-refractivity contribution in [2.24, 2.45) is 5.92 Å². The molecule has 166 valence electrons. The average molecular weight is 421 g/mol. The molecule has 0 aliphatic carbocycles. The fourth-order valence-electron chi connectivity index (χ4n) is 3.24. The molecule has 1 heterocycles. The number of aliphatic hydroxyl groups is 1. The molecule has 3 N–H and O–H groups in total. The zero-order chi connectivity index (χ0) is 22.3. The number of benzene rings is 1. The van der Waals surface area contributed by atoms with Gasteiger partial charge in [-0.1, -0.05) is 19.9 Å². The molecule has 0 saturated carbocycles. The predicted molar refractivity (Wildman–Crippen MR) is 110 cm³/mol. The Hall–Kier alpha value is -2.81. The van der Waals surface area contributed by atoms with E-state index in [9.17, 15) is 19.5 Å². The van der Waals surface area contributed by atoms with Gasteiger partial charge in [0, 0.05) is 13.0 Å². The van der Waals surface area contributed by atoms with E-state index in [0.717, 1.165) is 5.56 Å². The Balaban J connectivity index is 1.88. The number of carbonyl (C=O) groups excluding carboxylic acids is 3. The van der Waals surface area contributed by atoms with E-state index in [1.165, 1.54) is 4.90 Å². The molecule has 0 spiro atoms. The second-order valence-corrected chi connectivity index (χ2v) is 7.57. The summed E-state index contributed by atoms with van der Waals surface area (Å²) in [5.41, 5.74) is 0.903. The minimum Gasteiger partial charge on any atom is -0.493 e. The molecule has 1 fully saturated rings. The molecule has 0 radical (unpaired) electrons. The van der Waals surface area contributed by atoms with Crippen LogP contribution in [0.5, 0.6) is 11.5 Å². The van der Waals surface area contributed by atoms with E-state index < -0.39 is 12.1 Å². The van der Waals surface area contributed by atoms with Crippen LogP contribution in [0.3, 0.4) is 0 Å². The fraction of sp³-hybridized carbons (Fsp3) is 0.571. The minimum absolute atomic E-state index is 0.0867. The zero-order valence-corrected chi connectivity index (χ0v) is 17.9. The van der Waals surface area contributed by atoms with Crippen molar-refractivity contribution < 1.29 is 29.0 Å². The normalized spacial score (nSPS) is 17.1. The van der Waals surface area contributed by atoms with E-state index in [1.54, 1.807) is 20.3 Å². The summed E-state index contributed by atoms with van der Waals surface area (Å²) in [6, 6.07) is 3.93. The molecule has 9 nitrogen and oxygen atoms in total. The molecular formula is C21H31N3O6. The maximum absolute atomic E-state index is 12.6. The molecule has 0 unspecified atom stereocenters. The third kappa shape index (κ3) is 5.85. The van der Waals surface area contributed by atoms with Crippen LogP contribution in [0.4, 0.5) is 4.79 Å². The molecule has 1 aromatic carbocycles. The quantitative estimate of drug-likeness (QED) is 0.460. The number of amides is 4. The van der Waals surface area contributed by atoms with Gasteiger partial charge >= 0.3 is 6.03 Å². The zero-order valence-electron chi connectivity index (χ0n) is 17.9. The van der Waals surface area contributed by atoms with Crippen molar-refractivity contribution in [3.05, 3.63) is 23.8 Å². The number of hydrogen-bond acceptors (Lipinski definition) is 6. The van der Waals surface area contributed by atoms with Crippen LogP contribution in [-0.2, 0) is 16.0 Å². The summed E-state index contributed by atoms with van der Waals surface area (Å²) in [4.78, 5) is 38.1. The highest BCUT2D eigenvalue weighted by Gasteiger charge is 2.37. The summed E-state index contributed by atoms with van der Waals surface area (Å²) in [7, 11) is 3.10. The Bertz CT molecular complexity index is 767. The molecule has 1 saturated heterocycles. The number of hydrogen-bond donors (Lipinski definition) is 3. The van der Waals surface area contributed by atoms with Gasteiger partial charge in [0.05, 0.1) is 26.9 Å². The van der Waals surface area contributed by atoms with Crippen LogP contribution in [0, 0.1) is 5.92 Å². The summed E-state index contributed by atoms with van der Waals surface area (Å²) in [5.74, 6) is 0.692. The van der Waals surface area contributed by atoms with Gasteiger partial charge in [-0.05, 0) is 36.5 Å². The smallest absolute Gasteiger partial charge is 0.324 e. The van der Waals surface area contributed by atoms with Gasteiger partial charge in [-0.15, -0.1) is 0 Å². The van der Waals surface area contributed by atoms with Crippen molar-refractivity contribution in [3.8, 4) is 11.5 Å². The van der Waals surface area contributed by atoms with E-state index in [4.69, 9.17) is 9.47 Å². The van der Waals surface area contributed by atoms with Crippen LogP contribution in [-0.4, -0.2) is 67.3 Å². The molecule has 30 heavy (non-hydrogen) atoms. The summed E-state index contributed by atoms with van der Waals surface area (Å²) in [6.45, 7) is 3.88. The molecule has 0 bridgehead atoms. The van der Waals surface area contributed by atoms with Crippen molar-refractivity contribution in [3.63, 3.8) is 0 Å². The van der Waals surface area contributed by atoms with E-state index in [2.05, 4.69) is 10.6 Å². The summed E-state index contributed by atoms with van der Waals surface area (Å²) in [5, 5.41) is 14.7. The number of nitrogens with zero attached hydrogens (tertiary/aromatic N) is 1. The SMILES string of the molecule is COc1ccc(CCN2C(=O)N[C@H](CCC(=O)N[C@H](CO)C(C)C)C2=O)cc1OC. The second-order valence-electron chi connectivity index (χ2n) is 7.57. The standard InChI is InChI=1S/C21H31N3O6/c1-13(2)16(12-25)22-19(26)8-6-15-20(27)24(21(28)23-15)10-9-14-5-7-17(29-3)18(11-14)30-4/h5,7,11,13,15-16,25H,6,8-10,12H2,1-4H3,(H,22,26)(H,23,28)/t15-,16-/m1/s1. The van der Waals surface area contributed by atoms with Crippen molar-refractivity contribution >= 4 is 17.8 Å². The minimum atomic E-state index is -0.722. The Morgan fingerprint density at radius 3 is 2.53 bits per heavy atom. The molecule has 4 amide bonds. The number of nitrogens with one attached hydrogen (secondary N) is 2. The third-order valence-electron chi connectivity index (χ3n) is 5.19. The number of urea groups is 1. The monoisotopic (exact) mass is 421 g/mol. The Morgan fingerprint density at radius 1 is 1.23 bits per heavy atom. The van der Waals surface area contributed by atoms with Crippen LogP contribution in [0.2, 0.25) is 0 Å². The number of carbonyl (C=O) groups is 3. The van der Waals surface area contributed by atoms with Gasteiger partial charge in [0.1, 0.15) is 6.04 Å². The van der Waals surface area contributed by atoms with E-state index in [-0.39, 0.29) is 49.8 Å². The molecular weight excluding hydrogens is 390 g/mol. The molecule has 2 atom stereocenters. The highest BCUT2D eigenvalue weighted by atomic mass is 16.5. The van der Waals surface area contributed by atoms with Gasteiger partial charge < -0.3 is 25.2 Å². The van der Waals surface area contributed by atoms with Gasteiger partial charge in [0.2, 0.25) is 5.91 Å². The first kappa shape index (κ1) is 23.5. The van der Waals surface area contributed by atoms with Gasteiger partial charge in [-0.25, -0.2) is 4.79 Å².